The standard InChI is InChI=1S/C24H18ClF3N4O2/c1-14-17(8-9-20(30-14)24(26,27)28)21(33)31-11-12-32-22(34)18-3-2-10-29-19(18)13-23(31,32)15-4-6-16(25)7-5-15/h2-10H,11-13H2,1H3/t23-/m0/s1. The maximum Gasteiger partial charge on any atom is 0.433 e. The number of amides is 2. The number of carbonyl (C=O) groups is 2. The van der Waals surface area contributed by atoms with Crippen LogP contribution < -0.4 is 0 Å². The first-order chi connectivity index (χ1) is 16.1. The van der Waals surface area contributed by atoms with Crippen molar-refractivity contribution in [3.8, 4) is 0 Å². The molecule has 1 atom stereocenters. The lowest BCUT2D eigenvalue weighted by Gasteiger charge is -2.47. The Hall–Kier alpha value is -3.46. The van der Waals surface area contributed by atoms with E-state index in [1.807, 2.05) is 0 Å². The maximum atomic E-state index is 13.8. The molecule has 2 aliphatic heterocycles. The van der Waals surface area contributed by atoms with Gasteiger partial charge in [0.2, 0.25) is 0 Å². The molecule has 2 aliphatic rings. The van der Waals surface area contributed by atoms with Crippen LogP contribution in [-0.4, -0.2) is 44.7 Å². The molecule has 0 saturated carbocycles. The van der Waals surface area contributed by atoms with Gasteiger partial charge in [0.15, 0.2) is 0 Å². The number of aryl methyl sites for hydroxylation is 1. The van der Waals surface area contributed by atoms with E-state index in [-0.39, 0.29) is 36.7 Å². The SMILES string of the molecule is Cc1nc(C(F)(F)F)ccc1C(=O)N1CCN2C(=O)c3cccnc3C[C@]12c1ccc(Cl)cc1. The Morgan fingerprint density at radius 3 is 2.50 bits per heavy atom. The quantitative estimate of drug-likeness (QED) is 0.536. The number of rotatable bonds is 2. The highest BCUT2D eigenvalue weighted by molar-refractivity contribution is 6.30. The van der Waals surface area contributed by atoms with Crippen LogP contribution in [-0.2, 0) is 18.3 Å². The van der Waals surface area contributed by atoms with Gasteiger partial charge >= 0.3 is 6.18 Å². The highest BCUT2D eigenvalue weighted by atomic mass is 35.5. The van der Waals surface area contributed by atoms with E-state index in [0.29, 0.717) is 21.8 Å². The van der Waals surface area contributed by atoms with Crippen molar-refractivity contribution in [3.05, 3.63) is 93.5 Å². The molecule has 2 amide bonds. The largest absolute Gasteiger partial charge is 0.433 e. The van der Waals surface area contributed by atoms with Crippen LogP contribution in [0.15, 0.2) is 54.7 Å². The number of carbonyl (C=O) groups excluding carboxylic acids is 2. The Labute approximate surface area is 198 Å². The first kappa shape index (κ1) is 22.3. The lowest BCUT2D eigenvalue weighted by atomic mass is 9.86. The van der Waals surface area contributed by atoms with Crippen molar-refractivity contribution in [2.45, 2.75) is 25.2 Å². The molecule has 34 heavy (non-hydrogen) atoms. The summed E-state index contributed by atoms with van der Waals surface area (Å²) in [4.78, 5) is 38.4. The van der Waals surface area contributed by atoms with Gasteiger partial charge in [0.1, 0.15) is 11.4 Å². The van der Waals surface area contributed by atoms with E-state index < -0.39 is 23.4 Å². The van der Waals surface area contributed by atoms with Crippen molar-refractivity contribution >= 4 is 23.4 Å². The van der Waals surface area contributed by atoms with Gasteiger partial charge < -0.3 is 9.80 Å². The zero-order valence-corrected chi connectivity index (χ0v) is 18.7. The van der Waals surface area contributed by atoms with E-state index in [2.05, 4.69) is 9.97 Å². The van der Waals surface area contributed by atoms with Crippen molar-refractivity contribution in [1.29, 1.82) is 0 Å². The Morgan fingerprint density at radius 1 is 1.09 bits per heavy atom. The topological polar surface area (TPSA) is 66.4 Å². The van der Waals surface area contributed by atoms with Crippen LogP contribution in [0.1, 0.15) is 43.4 Å². The highest BCUT2D eigenvalue weighted by Gasteiger charge is 2.56. The van der Waals surface area contributed by atoms with Crippen molar-refractivity contribution < 1.29 is 22.8 Å². The molecule has 0 radical (unpaired) electrons. The number of halogens is 4. The van der Waals surface area contributed by atoms with E-state index in [1.54, 1.807) is 47.5 Å². The van der Waals surface area contributed by atoms with Gasteiger partial charge in [-0.15, -0.1) is 0 Å². The maximum absolute atomic E-state index is 13.8. The van der Waals surface area contributed by atoms with Gasteiger partial charge in [-0.2, -0.15) is 13.2 Å². The second kappa shape index (κ2) is 7.80. The van der Waals surface area contributed by atoms with Crippen molar-refractivity contribution in [2.75, 3.05) is 13.1 Å². The number of nitrogens with zero attached hydrogens (tertiary/aromatic N) is 4. The molecule has 5 rings (SSSR count). The average molecular weight is 487 g/mol. The van der Waals surface area contributed by atoms with E-state index in [1.165, 1.54) is 11.8 Å². The first-order valence-electron chi connectivity index (χ1n) is 10.5. The van der Waals surface area contributed by atoms with Gasteiger partial charge in [-0.05, 0) is 48.9 Å². The van der Waals surface area contributed by atoms with Crippen LogP contribution >= 0.6 is 11.6 Å². The monoisotopic (exact) mass is 486 g/mol. The summed E-state index contributed by atoms with van der Waals surface area (Å²) in [6, 6.07) is 12.2. The fourth-order valence-corrected chi connectivity index (χ4v) is 4.94. The molecule has 10 heteroatoms. The number of benzene rings is 1. The van der Waals surface area contributed by atoms with Gasteiger partial charge in [0.25, 0.3) is 11.8 Å². The molecule has 0 spiro atoms. The smallest absolute Gasteiger partial charge is 0.309 e. The van der Waals surface area contributed by atoms with Gasteiger partial charge in [-0.3, -0.25) is 14.6 Å². The lowest BCUT2D eigenvalue weighted by Crippen LogP contribution is -2.58. The Balaban J connectivity index is 1.65. The molecule has 4 heterocycles. The molecule has 6 nitrogen and oxygen atoms in total. The summed E-state index contributed by atoms with van der Waals surface area (Å²) in [6.07, 6.45) is -2.80. The average Bonchev–Trinajstić information content (AvgIpc) is 3.19. The third-order valence-corrected chi connectivity index (χ3v) is 6.63. The molecule has 0 bridgehead atoms. The molecule has 0 N–H and O–H groups in total. The van der Waals surface area contributed by atoms with Gasteiger partial charge in [-0.1, -0.05) is 23.7 Å². The van der Waals surface area contributed by atoms with Gasteiger partial charge in [0, 0.05) is 30.7 Å². The number of hydrogen-bond donors (Lipinski definition) is 0. The van der Waals surface area contributed by atoms with E-state index in [0.717, 1.165) is 12.1 Å². The van der Waals surface area contributed by atoms with Gasteiger partial charge in [0.05, 0.1) is 22.5 Å². The minimum Gasteiger partial charge on any atom is -0.309 e. The van der Waals surface area contributed by atoms with Crippen LogP contribution in [0.3, 0.4) is 0 Å². The van der Waals surface area contributed by atoms with Crippen molar-refractivity contribution in [1.82, 2.24) is 19.8 Å². The second-order valence-corrected chi connectivity index (χ2v) is 8.68. The number of pyridine rings is 2. The summed E-state index contributed by atoms with van der Waals surface area (Å²) in [6.45, 7) is 1.82. The second-order valence-electron chi connectivity index (χ2n) is 8.24. The zero-order chi connectivity index (χ0) is 24.3. The number of aromatic nitrogens is 2. The summed E-state index contributed by atoms with van der Waals surface area (Å²) in [5.74, 6) is -0.773. The Bertz CT molecular complexity index is 1310. The molecular weight excluding hydrogens is 469 g/mol. The molecule has 1 saturated heterocycles. The van der Waals surface area contributed by atoms with E-state index in [4.69, 9.17) is 11.6 Å². The van der Waals surface area contributed by atoms with E-state index >= 15 is 0 Å². The van der Waals surface area contributed by atoms with Crippen molar-refractivity contribution in [2.24, 2.45) is 0 Å². The number of alkyl halides is 3. The van der Waals surface area contributed by atoms with Crippen LogP contribution in [0, 0.1) is 6.92 Å². The summed E-state index contributed by atoms with van der Waals surface area (Å²) in [7, 11) is 0. The van der Waals surface area contributed by atoms with Gasteiger partial charge in [-0.25, -0.2) is 4.98 Å². The highest BCUT2D eigenvalue weighted by Crippen LogP contribution is 2.45. The normalized spacial score (nSPS) is 19.7. The predicted octanol–water partition coefficient (Wildman–Crippen LogP) is 4.46. The molecule has 2 aromatic heterocycles. The van der Waals surface area contributed by atoms with Crippen LogP contribution in [0.2, 0.25) is 5.02 Å². The first-order valence-corrected chi connectivity index (χ1v) is 10.9. The number of fused-ring (bicyclic) bond motifs is 2. The molecular formula is C24H18ClF3N4O2. The number of hydrogen-bond acceptors (Lipinski definition) is 4. The minimum atomic E-state index is -4.62. The fourth-order valence-electron chi connectivity index (χ4n) is 4.82. The van der Waals surface area contributed by atoms with Crippen LogP contribution in [0.4, 0.5) is 13.2 Å². The Kier molecular flexibility index (Phi) is 5.12. The van der Waals surface area contributed by atoms with Crippen molar-refractivity contribution in [3.63, 3.8) is 0 Å². The van der Waals surface area contributed by atoms with Crippen LogP contribution in [0.25, 0.3) is 0 Å². The molecule has 174 valence electrons. The Morgan fingerprint density at radius 2 is 1.82 bits per heavy atom. The fraction of sp³-hybridized carbons (Fsp3) is 0.250. The molecule has 1 fully saturated rings. The van der Waals surface area contributed by atoms with Crippen LogP contribution in [0.5, 0.6) is 0 Å². The third-order valence-electron chi connectivity index (χ3n) is 6.38. The summed E-state index contributed by atoms with van der Waals surface area (Å²) in [5.41, 5.74) is -0.593. The molecule has 0 unspecified atom stereocenters. The zero-order valence-electron chi connectivity index (χ0n) is 17.9. The summed E-state index contributed by atoms with van der Waals surface area (Å²) in [5, 5.41) is 0.492. The molecule has 0 aliphatic carbocycles. The lowest BCUT2D eigenvalue weighted by molar-refractivity contribution is -0.141. The molecule has 1 aromatic carbocycles. The molecule has 3 aromatic rings. The minimum absolute atomic E-state index is 0.0369. The summed E-state index contributed by atoms with van der Waals surface area (Å²) < 4.78 is 39.3. The summed E-state index contributed by atoms with van der Waals surface area (Å²) >= 11 is 6.09. The predicted molar refractivity (Wildman–Crippen MR) is 117 cm³/mol. The van der Waals surface area contributed by atoms with E-state index in [9.17, 15) is 22.8 Å². The third kappa shape index (κ3) is 3.34.